The molecule has 0 atom stereocenters. The molecule has 0 fully saturated rings. The van der Waals surface area contributed by atoms with Gasteiger partial charge in [0.1, 0.15) is 11.5 Å². The number of methoxy groups -OCH3 is 2. The highest BCUT2D eigenvalue weighted by Gasteiger charge is 2.31. The summed E-state index contributed by atoms with van der Waals surface area (Å²) in [5, 5.41) is 0. The zero-order valence-corrected chi connectivity index (χ0v) is 16.0. The fraction of sp³-hybridized carbons (Fsp3) is 0.217. The van der Waals surface area contributed by atoms with Crippen LogP contribution in [0.1, 0.15) is 29.8 Å². The number of ketones is 1. The van der Waals surface area contributed by atoms with Crippen molar-refractivity contribution >= 4 is 5.78 Å². The van der Waals surface area contributed by atoms with E-state index in [9.17, 15) is 4.79 Å². The topological polar surface area (TPSA) is 48.4 Å². The zero-order valence-electron chi connectivity index (χ0n) is 16.0. The van der Waals surface area contributed by atoms with E-state index in [-0.39, 0.29) is 5.78 Å². The van der Waals surface area contributed by atoms with Gasteiger partial charge in [0.05, 0.1) is 25.3 Å². The van der Waals surface area contributed by atoms with E-state index in [0.717, 1.165) is 16.8 Å². The molecule has 0 amide bonds. The molecule has 4 heteroatoms. The first-order valence-electron chi connectivity index (χ1n) is 8.75. The maximum Gasteiger partial charge on any atom is 0.173 e. The van der Waals surface area contributed by atoms with Gasteiger partial charge in [0.15, 0.2) is 5.78 Å². The molecule has 1 aromatic heterocycles. The van der Waals surface area contributed by atoms with E-state index in [1.54, 1.807) is 38.6 Å². The Morgan fingerprint density at radius 2 is 1.52 bits per heavy atom. The summed E-state index contributed by atoms with van der Waals surface area (Å²) < 4.78 is 10.6. The molecule has 1 heterocycles. The van der Waals surface area contributed by atoms with E-state index in [0.29, 0.717) is 17.1 Å². The summed E-state index contributed by atoms with van der Waals surface area (Å²) in [7, 11) is 3.14. The summed E-state index contributed by atoms with van der Waals surface area (Å²) in [4.78, 5) is 17.8. The summed E-state index contributed by atoms with van der Waals surface area (Å²) in [6.07, 6.45) is 1.78. The van der Waals surface area contributed by atoms with Crippen molar-refractivity contribution in [1.82, 2.24) is 4.98 Å². The highest BCUT2D eigenvalue weighted by Crippen LogP contribution is 2.31. The monoisotopic (exact) mass is 361 g/mol. The quantitative estimate of drug-likeness (QED) is 0.584. The molecule has 3 rings (SSSR count). The Morgan fingerprint density at radius 3 is 2.04 bits per heavy atom. The van der Waals surface area contributed by atoms with Crippen LogP contribution in [0.2, 0.25) is 0 Å². The van der Waals surface area contributed by atoms with Crippen molar-refractivity contribution in [3.63, 3.8) is 0 Å². The van der Waals surface area contributed by atoms with E-state index in [1.807, 2.05) is 56.3 Å². The lowest BCUT2D eigenvalue weighted by atomic mass is 9.78. The maximum atomic E-state index is 13.2. The van der Waals surface area contributed by atoms with E-state index < -0.39 is 5.41 Å². The van der Waals surface area contributed by atoms with Crippen LogP contribution in [0.3, 0.4) is 0 Å². The highest BCUT2D eigenvalue weighted by molar-refractivity contribution is 6.04. The second-order valence-electron chi connectivity index (χ2n) is 6.85. The Labute approximate surface area is 159 Å². The molecule has 0 saturated carbocycles. The predicted octanol–water partition coefficient (Wildman–Crippen LogP) is 4.93. The van der Waals surface area contributed by atoms with Crippen LogP contribution in [-0.2, 0) is 5.41 Å². The lowest BCUT2D eigenvalue weighted by molar-refractivity contribution is 0.0908. The minimum Gasteiger partial charge on any atom is -0.497 e. The minimum atomic E-state index is -0.737. The summed E-state index contributed by atoms with van der Waals surface area (Å²) >= 11 is 0. The second kappa shape index (κ2) is 7.62. The van der Waals surface area contributed by atoms with Crippen LogP contribution < -0.4 is 9.47 Å². The third-order valence-electron chi connectivity index (χ3n) is 4.74. The van der Waals surface area contributed by atoms with Crippen LogP contribution in [0.5, 0.6) is 11.5 Å². The Kier molecular flexibility index (Phi) is 5.26. The number of benzene rings is 2. The normalized spacial score (nSPS) is 11.1. The van der Waals surface area contributed by atoms with Gasteiger partial charge in [-0.05, 0) is 37.6 Å². The first kappa shape index (κ1) is 18.6. The third-order valence-corrected chi connectivity index (χ3v) is 4.74. The lowest BCUT2D eigenvalue weighted by Crippen LogP contribution is -2.29. The number of pyridine rings is 1. The first-order chi connectivity index (χ1) is 13.0. The number of nitrogens with zero attached hydrogens (tertiary/aromatic N) is 1. The number of aromatic nitrogens is 1. The van der Waals surface area contributed by atoms with Crippen LogP contribution in [-0.4, -0.2) is 25.0 Å². The predicted molar refractivity (Wildman–Crippen MR) is 107 cm³/mol. The molecule has 0 aliphatic carbocycles. The van der Waals surface area contributed by atoms with Crippen molar-refractivity contribution < 1.29 is 14.3 Å². The molecule has 4 nitrogen and oxygen atoms in total. The van der Waals surface area contributed by atoms with Gasteiger partial charge in [-0.15, -0.1) is 0 Å². The van der Waals surface area contributed by atoms with Crippen LogP contribution in [0.15, 0.2) is 66.9 Å². The number of hydrogen-bond acceptors (Lipinski definition) is 4. The molecular weight excluding hydrogens is 338 g/mol. The molecule has 0 aliphatic rings. The van der Waals surface area contributed by atoms with E-state index >= 15 is 0 Å². The average molecular weight is 361 g/mol. The van der Waals surface area contributed by atoms with Gasteiger partial charge < -0.3 is 9.47 Å². The largest absolute Gasteiger partial charge is 0.497 e. The lowest BCUT2D eigenvalue weighted by Gasteiger charge is -2.24. The van der Waals surface area contributed by atoms with Crippen LogP contribution >= 0.6 is 0 Å². The number of rotatable bonds is 6. The van der Waals surface area contributed by atoms with Crippen molar-refractivity contribution in [2.45, 2.75) is 19.3 Å². The fourth-order valence-corrected chi connectivity index (χ4v) is 2.97. The molecule has 27 heavy (non-hydrogen) atoms. The molecule has 3 aromatic rings. The summed E-state index contributed by atoms with van der Waals surface area (Å²) in [5.41, 5.74) is 2.59. The van der Waals surface area contributed by atoms with Crippen molar-refractivity contribution in [2.24, 2.45) is 0 Å². The van der Waals surface area contributed by atoms with E-state index in [4.69, 9.17) is 9.47 Å². The summed E-state index contributed by atoms with van der Waals surface area (Å²) in [6.45, 7) is 3.81. The number of Topliss-reactive ketones (excluding diaryl/α,β-unsaturated/α-hetero) is 1. The van der Waals surface area contributed by atoms with Crippen molar-refractivity contribution in [3.8, 4) is 22.8 Å². The second-order valence-corrected chi connectivity index (χ2v) is 6.85. The smallest absolute Gasteiger partial charge is 0.173 e. The van der Waals surface area contributed by atoms with E-state index in [1.165, 1.54) is 0 Å². The molecule has 0 N–H and O–H groups in total. The van der Waals surface area contributed by atoms with E-state index in [2.05, 4.69) is 4.98 Å². The molecule has 0 aliphatic heterocycles. The summed E-state index contributed by atoms with van der Waals surface area (Å²) in [5.74, 6) is 1.16. The Hall–Kier alpha value is -3.14. The molecule has 0 bridgehead atoms. The highest BCUT2D eigenvalue weighted by atomic mass is 16.5. The Balaban J connectivity index is 1.93. The standard InChI is InChI=1S/C23H23NO3/c1-23(2,22(25)17-12-19(26-3)14-20(13-17)27-4)18-10-11-21(24-15-18)16-8-6-5-7-9-16/h5-15H,1-4H3. The van der Waals surface area contributed by atoms with Crippen molar-refractivity contribution in [1.29, 1.82) is 0 Å². The molecule has 0 saturated heterocycles. The molecule has 0 radical (unpaired) electrons. The Morgan fingerprint density at radius 1 is 0.889 bits per heavy atom. The minimum absolute atomic E-state index is 0.0195. The average Bonchev–Trinajstić information content (AvgIpc) is 2.73. The molecule has 0 unspecified atom stereocenters. The molecule has 0 spiro atoms. The Bertz CT molecular complexity index is 909. The molecule has 2 aromatic carbocycles. The number of carbonyl (C=O) groups excluding carboxylic acids is 1. The van der Waals surface area contributed by atoms with Crippen LogP contribution in [0.25, 0.3) is 11.3 Å². The van der Waals surface area contributed by atoms with Gasteiger partial charge in [0, 0.05) is 23.4 Å². The molecule has 138 valence electrons. The van der Waals surface area contributed by atoms with Crippen molar-refractivity contribution in [3.05, 3.63) is 78.0 Å². The third kappa shape index (κ3) is 3.85. The number of hydrogen-bond donors (Lipinski definition) is 0. The SMILES string of the molecule is COc1cc(OC)cc(C(=O)C(C)(C)c2ccc(-c3ccccc3)nc2)c1. The van der Waals surface area contributed by atoms with Gasteiger partial charge in [0.2, 0.25) is 0 Å². The van der Waals surface area contributed by atoms with Gasteiger partial charge in [-0.1, -0.05) is 36.4 Å². The van der Waals surface area contributed by atoms with Crippen molar-refractivity contribution in [2.75, 3.05) is 14.2 Å². The van der Waals surface area contributed by atoms with Gasteiger partial charge >= 0.3 is 0 Å². The number of carbonyl (C=O) groups is 1. The van der Waals surface area contributed by atoms with Crippen LogP contribution in [0, 0.1) is 0 Å². The zero-order chi connectivity index (χ0) is 19.4. The fourth-order valence-electron chi connectivity index (χ4n) is 2.97. The van der Waals surface area contributed by atoms with Gasteiger partial charge in [-0.2, -0.15) is 0 Å². The maximum absolute atomic E-state index is 13.2. The van der Waals surface area contributed by atoms with Crippen LogP contribution in [0.4, 0.5) is 0 Å². The molecular formula is C23H23NO3. The first-order valence-corrected chi connectivity index (χ1v) is 8.75. The van der Waals surface area contributed by atoms with Gasteiger partial charge in [-0.25, -0.2) is 0 Å². The van der Waals surface area contributed by atoms with Gasteiger partial charge in [-0.3, -0.25) is 9.78 Å². The summed E-state index contributed by atoms with van der Waals surface area (Å²) in [6, 6.07) is 19.1. The number of ether oxygens (including phenoxy) is 2. The van der Waals surface area contributed by atoms with Gasteiger partial charge in [0.25, 0.3) is 0 Å².